The Hall–Kier alpha value is -2.82. The predicted octanol–water partition coefficient (Wildman–Crippen LogP) is 2.66. The fourth-order valence-electron chi connectivity index (χ4n) is 1.86. The van der Waals surface area contributed by atoms with E-state index in [1.54, 1.807) is 0 Å². The zero-order valence-electron chi connectivity index (χ0n) is 12.0. The molecule has 0 atom stereocenters. The van der Waals surface area contributed by atoms with Crippen molar-refractivity contribution < 1.29 is 22.8 Å². The number of benzene rings is 1. The molecule has 7 nitrogen and oxygen atoms in total. The number of Topliss-reactive ketones (excluding diaryl/α,β-unsaturated/α-hetero) is 1. The molecule has 0 radical (unpaired) electrons. The van der Waals surface area contributed by atoms with Gasteiger partial charge in [0, 0.05) is 11.3 Å². The molecule has 0 bridgehead atoms. The van der Waals surface area contributed by atoms with Gasteiger partial charge in [-0.05, 0) is 31.2 Å². The SMILES string of the molecule is CC(=O)c1ccc(NC(=O)c2nn3c(C(F)(F)F)nnc3s2)cc1. The first-order valence-corrected chi connectivity index (χ1v) is 7.29. The highest BCUT2D eigenvalue weighted by molar-refractivity contribution is 7.18. The summed E-state index contributed by atoms with van der Waals surface area (Å²) in [6.45, 7) is 1.41. The van der Waals surface area contributed by atoms with Gasteiger partial charge in [-0.2, -0.15) is 17.7 Å². The van der Waals surface area contributed by atoms with Crippen LogP contribution in [0.1, 0.15) is 32.9 Å². The lowest BCUT2D eigenvalue weighted by atomic mass is 10.1. The van der Waals surface area contributed by atoms with Gasteiger partial charge in [-0.15, -0.1) is 15.3 Å². The number of halogens is 3. The third-order valence-corrected chi connectivity index (χ3v) is 3.89. The van der Waals surface area contributed by atoms with Gasteiger partial charge < -0.3 is 5.32 Å². The predicted molar refractivity (Wildman–Crippen MR) is 78.1 cm³/mol. The molecule has 11 heteroatoms. The zero-order chi connectivity index (χ0) is 17.5. The number of amides is 1. The van der Waals surface area contributed by atoms with Crippen molar-refractivity contribution in [3.63, 3.8) is 0 Å². The van der Waals surface area contributed by atoms with Crippen LogP contribution in [0.15, 0.2) is 24.3 Å². The van der Waals surface area contributed by atoms with Gasteiger partial charge in [-0.3, -0.25) is 9.59 Å². The fourth-order valence-corrected chi connectivity index (χ4v) is 2.59. The number of aromatic nitrogens is 4. The van der Waals surface area contributed by atoms with Gasteiger partial charge in [0.1, 0.15) is 0 Å². The number of carbonyl (C=O) groups is 2. The molecule has 1 amide bonds. The normalized spacial score (nSPS) is 11.7. The highest BCUT2D eigenvalue weighted by atomic mass is 32.1. The van der Waals surface area contributed by atoms with E-state index in [1.165, 1.54) is 31.2 Å². The third kappa shape index (κ3) is 2.97. The lowest BCUT2D eigenvalue weighted by Crippen LogP contribution is -2.14. The van der Waals surface area contributed by atoms with Gasteiger partial charge in [0.2, 0.25) is 9.97 Å². The minimum absolute atomic E-state index is 0.124. The van der Waals surface area contributed by atoms with Crippen LogP contribution in [-0.4, -0.2) is 31.5 Å². The van der Waals surface area contributed by atoms with E-state index in [0.717, 1.165) is 0 Å². The second-order valence-corrected chi connectivity index (χ2v) is 5.67. The fraction of sp³-hybridized carbons (Fsp3) is 0.154. The van der Waals surface area contributed by atoms with Crippen LogP contribution in [0, 0.1) is 0 Å². The Kier molecular flexibility index (Phi) is 3.79. The number of fused-ring (bicyclic) bond motifs is 1. The van der Waals surface area contributed by atoms with Crippen molar-refractivity contribution in [1.29, 1.82) is 0 Å². The van der Waals surface area contributed by atoms with Crippen molar-refractivity contribution in [2.75, 3.05) is 5.32 Å². The minimum atomic E-state index is -4.72. The Labute approximate surface area is 136 Å². The van der Waals surface area contributed by atoms with E-state index in [0.29, 0.717) is 27.1 Å². The summed E-state index contributed by atoms with van der Waals surface area (Å²) in [5, 5.41) is 12.3. The van der Waals surface area contributed by atoms with Crippen LogP contribution in [-0.2, 0) is 6.18 Å². The molecule has 3 aromatic rings. The molecule has 1 aromatic carbocycles. The van der Waals surface area contributed by atoms with E-state index in [-0.39, 0.29) is 15.8 Å². The van der Waals surface area contributed by atoms with Crippen molar-refractivity contribution in [2.24, 2.45) is 0 Å². The maximum Gasteiger partial charge on any atom is 0.453 e. The molecule has 124 valence electrons. The molecule has 0 unspecified atom stereocenters. The quantitative estimate of drug-likeness (QED) is 0.730. The molecule has 0 fully saturated rings. The summed E-state index contributed by atoms with van der Waals surface area (Å²) < 4.78 is 38.7. The van der Waals surface area contributed by atoms with Gasteiger partial charge in [0.05, 0.1) is 0 Å². The Bertz CT molecular complexity index is 929. The largest absolute Gasteiger partial charge is 0.453 e. The molecule has 24 heavy (non-hydrogen) atoms. The average Bonchev–Trinajstić information content (AvgIpc) is 3.06. The average molecular weight is 355 g/mol. The molecular weight excluding hydrogens is 347 g/mol. The number of hydrogen-bond acceptors (Lipinski definition) is 6. The van der Waals surface area contributed by atoms with E-state index < -0.39 is 17.9 Å². The molecule has 1 N–H and O–H groups in total. The highest BCUT2D eigenvalue weighted by Gasteiger charge is 2.38. The second kappa shape index (κ2) is 5.67. The lowest BCUT2D eigenvalue weighted by Gasteiger charge is -2.03. The number of hydrogen-bond donors (Lipinski definition) is 1. The molecule has 0 aliphatic carbocycles. The topological polar surface area (TPSA) is 89.2 Å². The van der Waals surface area contributed by atoms with Gasteiger partial charge >= 0.3 is 6.18 Å². The first-order chi connectivity index (χ1) is 11.3. The summed E-state index contributed by atoms with van der Waals surface area (Å²) in [6, 6.07) is 6.07. The van der Waals surface area contributed by atoms with Gasteiger partial charge in [-0.25, -0.2) is 0 Å². The highest BCUT2D eigenvalue weighted by Crippen LogP contribution is 2.29. The summed E-state index contributed by atoms with van der Waals surface area (Å²) in [5.74, 6) is -2.10. The maximum atomic E-state index is 12.7. The van der Waals surface area contributed by atoms with Crippen molar-refractivity contribution >= 4 is 33.7 Å². The standard InChI is InChI=1S/C13H8F3N5O2S/c1-6(22)7-2-4-8(5-3-7)17-9(23)10-20-21-11(13(14,15)16)18-19-12(21)24-10/h2-5H,1H3,(H,17,23). The molecule has 0 aliphatic heterocycles. The Morgan fingerprint density at radius 3 is 2.42 bits per heavy atom. The second-order valence-electron chi connectivity index (χ2n) is 4.71. The number of anilines is 1. The molecule has 0 aliphatic rings. The Morgan fingerprint density at radius 2 is 1.83 bits per heavy atom. The smallest absolute Gasteiger partial charge is 0.320 e. The van der Waals surface area contributed by atoms with Gasteiger partial charge in [0.25, 0.3) is 11.7 Å². The molecule has 0 spiro atoms. The molecule has 3 rings (SSSR count). The van der Waals surface area contributed by atoms with Crippen molar-refractivity contribution in [3.8, 4) is 0 Å². The minimum Gasteiger partial charge on any atom is -0.320 e. The van der Waals surface area contributed by atoms with Crippen molar-refractivity contribution in [3.05, 3.63) is 40.7 Å². The molecular formula is C13H8F3N5O2S. The molecule has 2 heterocycles. The van der Waals surface area contributed by atoms with Crippen LogP contribution in [0.3, 0.4) is 0 Å². The summed E-state index contributed by atoms with van der Waals surface area (Å²) in [4.78, 5) is 23.1. The van der Waals surface area contributed by atoms with Crippen LogP contribution in [0.2, 0.25) is 0 Å². The Morgan fingerprint density at radius 1 is 1.17 bits per heavy atom. The molecule has 0 saturated heterocycles. The number of nitrogens with zero attached hydrogens (tertiary/aromatic N) is 4. The van der Waals surface area contributed by atoms with E-state index in [4.69, 9.17) is 0 Å². The molecule has 0 saturated carbocycles. The van der Waals surface area contributed by atoms with Crippen LogP contribution in [0.4, 0.5) is 18.9 Å². The first kappa shape index (κ1) is 16.1. The summed E-state index contributed by atoms with van der Waals surface area (Å²) in [6.07, 6.45) is -4.72. The van der Waals surface area contributed by atoms with Crippen molar-refractivity contribution in [1.82, 2.24) is 19.8 Å². The van der Waals surface area contributed by atoms with Crippen LogP contribution in [0.25, 0.3) is 4.96 Å². The van der Waals surface area contributed by atoms with Gasteiger partial charge in [0.15, 0.2) is 5.78 Å². The monoisotopic (exact) mass is 355 g/mol. The lowest BCUT2D eigenvalue weighted by molar-refractivity contribution is -0.146. The van der Waals surface area contributed by atoms with Gasteiger partial charge in [-0.1, -0.05) is 11.3 Å². The molecule has 2 aromatic heterocycles. The number of rotatable bonds is 3. The summed E-state index contributed by atoms with van der Waals surface area (Å²) >= 11 is 0.682. The zero-order valence-corrected chi connectivity index (χ0v) is 12.8. The van der Waals surface area contributed by atoms with E-state index in [2.05, 4.69) is 20.6 Å². The number of nitrogens with one attached hydrogen (secondary N) is 1. The van der Waals surface area contributed by atoms with E-state index >= 15 is 0 Å². The Balaban J connectivity index is 1.83. The van der Waals surface area contributed by atoms with Crippen LogP contribution < -0.4 is 5.32 Å². The van der Waals surface area contributed by atoms with E-state index in [9.17, 15) is 22.8 Å². The number of alkyl halides is 3. The van der Waals surface area contributed by atoms with Crippen LogP contribution in [0.5, 0.6) is 0 Å². The summed E-state index contributed by atoms with van der Waals surface area (Å²) in [7, 11) is 0. The van der Waals surface area contributed by atoms with E-state index in [1.807, 2.05) is 0 Å². The van der Waals surface area contributed by atoms with Crippen molar-refractivity contribution in [2.45, 2.75) is 13.1 Å². The number of ketones is 1. The number of carbonyl (C=O) groups excluding carboxylic acids is 2. The third-order valence-electron chi connectivity index (χ3n) is 2.99. The summed E-state index contributed by atoms with van der Waals surface area (Å²) in [5.41, 5.74) is 0.855. The maximum absolute atomic E-state index is 12.7. The first-order valence-electron chi connectivity index (χ1n) is 6.47. The van der Waals surface area contributed by atoms with Crippen LogP contribution >= 0.6 is 11.3 Å².